The van der Waals surface area contributed by atoms with E-state index in [9.17, 15) is 4.79 Å². The molecule has 0 saturated heterocycles. The third-order valence-electron chi connectivity index (χ3n) is 2.55. The summed E-state index contributed by atoms with van der Waals surface area (Å²) in [5, 5.41) is 8.59. The Morgan fingerprint density at radius 2 is 2.31 bits per heavy atom. The van der Waals surface area contributed by atoms with Crippen LogP contribution in [0.2, 0.25) is 0 Å². The van der Waals surface area contributed by atoms with E-state index in [0.717, 1.165) is 28.8 Å². The van der Waals surface area contributed by atoms with Gasteiger partial charge in [-0.25, -0.2) is 4.98 Å². The van der Waals surface area contributed by atoms with Gasteiger partial charge in [-0.15, -0.1) is 0 Å². The Balaban J connectivity index is 2.20. The molecule has 0 bridgehead atoms. The summed E-state index contributed by atoms with van der Waals surface area (Å²) in [6.45, 7) is 1.92. The molecule has 0 aliphatic carbocycles. The third kappa shape index (κ3) is 2.21. The lowest BCUT2D eigenvalue weighted by molar-refractivity contribution is -0.137. The summed E-state index contributed by atoms with van der Waals surface area (Å²) >= 11 is 0. The van der Waals surface area contributed by atoms with Crippen molar-refractivity contribution in [3.8, 4) is 0 Å². The second kappa shape index (κ2) is 4.35. The van der Waals surface area contributed by atoms with Crippen LogP contribution in [0.5, 0.6) is 0 Å². The molecular formula is C12H14N2O2. The number of carbonyl (C=O) groups is 1. The van der Waals surface area contributed by atoms with E-state index in [1.54, 1.807) is 0 Å². The molecule has 4 nitrogen and oxygen atoms in total. The van der Waals surface area contributed by atoms with Crippen LogP contribution < -0.4 is 0 Å². The Morgan fingerprint density at radius 3 is 3.06 bits per heavy atom. The number of imidazole rings is 1. The number of nitrogens with zero attached hydrogens (tertiary/aromatic N) is 1. The Bertz CT molecular complexity index is 517. The van der Waals surface area contributed by atoms with Gasteiger partial charge in [0.25, 0.3) is 0 Å². The van der Waals surface area contributed by atoms with Crippen LogP contribution in [0.1, 0.15) is 24.2 Å². The second-order valence-electron chi connectivity index (χ2n) is 3.88. The summed E-state index contributed by atoms with van der Waals surface area (Å²) in [5.41, 5.74) is 3.10. The Kier molecular flexibility index (Phi) is 2.90. The van der Waals surface area contributed by atoms with Gasteiger partial charge in [-0.2, -0.15) is 0 Å². The highest BCUT2D eigenvalue weighted by Crippen LogP contribution is 2.18. The van der Waals surface area contributed by atoms with Crippen LogP contribution in [-0.4, -0.2) is 21.0 Å². The largest absolute Gasteiger partial charge is 0.481 e. The van der Waals surface area contributed by atoms with Gasteiger partial charge < -0.3 is 10.1 Å². The maximum Gasteiger partial charge on any atom is 0.303 e. The van der Waals surface area contributed by atoms with Crippen molar-refractivity contribution < 1.29 is 9.90 Å². The molecule has 0 atom stereocenters. The Hall–Kier alpha value is -1.84. The molecule has 1 aromatic carbocycles. The molecule has 16 heavy (non-hydrogen) atoms. The van der Waals surface area contributed by atoms with Gasteiger partial charge in [-0.05, 0) is 31.4 Å². The molecule has 2 rings (SSSR count). The van der Waals surface area contributed by atoms with Gasteiger partial charge in [-0.1, -0.05) is 12.1 Å². The van der Waals surface area contributed by atoms with Crippen molar-refractivity contribution >= 4 is 17.0 Å². The third-order valence-corrected chi connectivity index (χ3v) is 2.55. The van der Waals surface area contributed by atoms with Crippen molar-refractivity contribution in [1.82, 2.24) is 9.97 Å². The number of hydrogen-bond donors (Lipinski definition) is 2. The summed E-state index contributed by atoms with van der Waals surface area (Å²) in [5.74, 6) is 0.145. The van der Waals surface area contributed by atoms with E-state index in [-0.39, 0.29) is 6.42 Å². The molecule has 1 heterocycles. The van der Waals surface area contributed by atoms with Crippen LogP contribution in [0, 0.1) is 6.92 Å². The van der Waals surface area contributed by atoms with Crippen molar-refractivity contribution in [3.05, 3.63) is 29.6 Å². The first-order valence-corrected chi connectivity index (χ1v) is 5.33. The lowest BCUT2D eigenvalue weighted by Crippen LogP contribution is -1.96. The van der Waals surface area contributed by atoms with E-state index in [1.807, 2.05) is 25.1 Å². The monoisotopic (exact) mass is 218 g/mol. The van der Waals surface area contributed by atoms with Crippen molar-refractivity contribution in [2.45, 2.75) is 26.2 Å². The number of hydrogen-bond acceptors (Lipinski definition) is 2. The standard InChI is InChI=1S/C12H14N2O2/c1-8-13-10-6-2-4-9(12(10)14-8)5-3-7-11(15)16/h2,4,6H,3,5,7H2,1H3,(H,13,14)(H,15,16). The predicted molar refractivity (Wildman–Crippen MR) is 61.4 cm³/mol. The normalized spacial score (nSPS) is 10.8. The minimum Gasteiger partial charge on any atom is -0.481 e. The smallest absolute Gasteiger partial charge is 0.303 e. The summed E-state index contributed by atoms with van der Waals surface area (Å²) in [6, 6.07) is 5.95. The van der Waals surface area contributed by atoms with E-state index in [2.05, 4.69) is 9.97 Å². The number of carboxylic acid groups (broad SMARTS) is 1. The van der Waals surface area contributed by atoms with Crippen LogP contribution in [0.15, 0.2) is 18.2 Å². The van der Waals surface area contributed by atoms with Gasteiger partial charge in [0.15, 0.2) is 0 Å². The van der Waals surface area contributed by atoms with E-state index in [4.69, 9.17) is 5.11 Å². The predicted octanol–water partition coefficient (Wildman–Crippen LogP) is 2.28. The lowest BCUT2D eigenvalue weighted by Gasteiger charge is -2.00. The zero-order chi connectivity index (χ0) is 11.5. The molecule has 2 N–H and O–H groups in total. The van der Waals surface area contributed by atoms with Gasteiger partial charge in [0.2, 0.25) is 0 Å². The zero-order valence-electron chi connectivity index (χ0n) is 9.16. The number of carboxylic acids is 1. The van der Waals surface area contributed by atoms with Crippen LogP contribution >= 0.6 is 0 Å². The van der Waals surface area contributed by atoms with Crippen molar-refractivity contribution in [3.63, 3.8) is 0 Å². The molecule has 0 aliphatic heterocycles. The number of para-hydroxylation sites is 1. The fourth-order valence-electron chi connectivity index (χ4n) is 1.85. The number of rotatable bonds is 4. The number of aromatic amines is 1. The molecule has 0 fully saturated rings. The Morgan fingerprint density at radius 1 is 1.50 bits per heavy atom. The molecular weight excluding hydrogens is 204 g/mol. The molecule has 0 spiro atoms. The highest BCUT2D eigenvalue weighted by Gasteiger charge is 2.05. The minimum atomic E-state index is -0.745. The summed E-state index contributed by atoms with van der Waals surface area (Å²) in [7, 11) is 0. The topological polar surface area (TPSA) is 66.0 Å². The molecule has 0 saturated carbocycles. The summed E-state index contributed by atoms with van der Waals surface area (Å²) in [6.07, 6.45) is 1.62. The quantitative estimate of drug-likeness (QED) is 0.827. The summed E-state index contributed by atoms with van der Waals surface area (Å²) < 4.78 is 0. The first-order valence-electron chi connectivity index (χ1n) is 5.33. The van der Waals surface area contributed by atoms with Crippen LogP contribution in [0.4, 0.5) is 0 Å². The number of nitrogens with one attached hydrogen (secondary N) is 1. The highest BCUT2D eigenvalue weighted by molar-refractivity contribution is 5.78. The first kappa shape index (κ1) is 10.7. The zero-order valence-corrected chi connectivity index (χ0v) is 9.16. The van der Waals surface area contributed by atoms with Gasteiger partial charge in [0.05, 0.1) is 11.0 Å². The highest BCUT2D eigenvalue weighted by atomic mass is 16.4. The van der Waals surface area contributed by atoms with E-state index >= 15 is 0 Å². The van der Waals surface area contributed by atoms with E-state index < -0.39 is 5.97 Å². The first-order chi connectivity index (χ1) is 7.66. The number of H-pyrrole nitrogens is 1. The average molecular weight is 218 g/mol. The van der Waals surface area contributed by atoms with Crippen molar-refractivity contribution in [2.24, 2.45) is 0 Å². The van der Waals surface area contributed by atoms with Gasteiger partial charge in [0.1, 0.15) is 5.82 Å². The number of benzene rings is 1. The van der Waals surface area contributed by atoms with Gasteiger partial charge in [-0.3, -0.25) is 4.79 Å². The molecule has 0 unspecified atom stereocenters. The maximum absolute atomic E-state index is 10.4. The molecule has 0 radical (unpaired) electrons. The van der Waals surface area contributed by atoms with E-state index in [1.165, 1.54) is 0 Å². The number of aryl methyl sites for hydroxylation is 2. The van der Waals surface area contributed by atoms with Gasteiger partial charge in [0, 0.05) is 6.42 Å². The van der Waals surface area contributed by atoms with Gasteiger partial charge >= 0.3 is 5.97 Å². The van der Waals surface area contributed by atoms with Crippen LogP contribution in [0.25, 0.3) is 11.0 Å². The SMILES string of the molecule is Cc1nc2c(CCCC(=O)O)cccc2[nH]1. The molecule has 4 heteroatoms. The fourth-order valence-corrected chi connectivity index (χ4v) is 1.85. The second-order valence-corrected chi connectivity index (χ2v) is 3.88. The molecule has 84 valence electrons. The van der Waals surface area contributed by atoms with Crippen molar-refractivity contribution in [1.29, 1.82) is 0 Å². The maximum atomic E-state index is 10.4. The Labute approximate surface area is 93.3 Å². The van der Waals surface area contributed by atoms with Crippen LogP contribution in [0.3, 0.4) is 0 Å². The number of aromatic nitrogens is 2. The number of aliphatic carboxylic acids is 1. The lowest BCUT2D eigenvalue weighted by atomic mass is 10.1. The minimum absolute atomic E-state index is 0.208. The summed E-state index contributed by atoms with van der Waals surface area (Å²) in [4.78, 5) is 18.0. The molecule has 0 amide bonds. The average Bonchev–Trinajstić information content (AvgIpc) is 2.58. The fraction of sp³-hybridized carbons (Fsp3) is 0.333. The van der Waals surface area contributed by atoms with E-state index in [0.29, 0.717) is 6.42 Å². The molecule has 2 aromatic rings. The van der Waals surface area contributed by atoms with Crippen LogP contribution in [-0.2, 0) is 11.2 Å². The van der Waals surface area contributed by atoms with Crippen molar-refractivity contribution in [2.75, 3.05) is 0 Å². The molecule has 0 aliphatic rings. The molecule has 1 aromatic heterocycles. The number of fused-ring (bicyclic) bond motifs is 1.